The van der Waals surface area contributed by atoms with Crippen LogP contribution in [-0.4, -0.2) is 0 Å². The van der Waals surface area contributed by atoms with Crippen LogP contribution in [0.4, 0.5) is 17.1 Å². The Morgan fingerprint density at radius 2 is 0.881 bits per heavy atom. The van der Waals surface area contributed by atoms with Crippen molar-refractivity contribution in [3.63, 3.8) is 0 Å². The Balaban J connectivity index is 1.04. The number of benzene rings is 10. The molecule has 59 heavy (non-hydrogen) atoms. The third-order valence-electron chi connectivity index (χ3n) is 11.9. The van der Waals surface area contributed by atoms with Crippen LogP contribution in [0.15, 0.2) is 212 Å². The summed E-state index contributed by atoms with van der Waals surface area (Å²) in [6.07, 6.45) is 0. The maximum atomic E-state index is 2.48. The first kappa shape index (κ1) is 34.0. The molecule has 0 aliphatic rings. The fourth-order valence-electron chi connectivity index (χ4n) is 8.98. The van der Waals surface area contributed by atoms with Crippen molar-refractivity contribution in [2.45, 2.75) is 0 Å². The van der Waals surface area contributed by atoms with Gasteiger partial charge in [-0.25, -0.2) is 0 Å². The van der Waals surface area contributed by atoms with Gasteiger partial charge in [-0.15, -0.1) is 22.7 Å². The number of thiophene rings is 2. The first-order valence-electron chi connectivity index (χ1n) is 20.1. The molecule has 0 spiro atoms. The van der Waals surface area contributed by atoms with Crippen LogP contribution >= 0.6 is 22.7 Å². The topological polar surface area (TPSA) is 3.24 Å². The first-order valence-corrected chi connectivity index (χ1v) is 21.7. The lowest BCUT2D eigenvalue weighted by molar-refractivity contribution is 1.31. The van der Waals surface area contributed by atoms with Gasteiger partial charge >= 0.3 is 0 Å². The molecule has 0 N–H and O–H groups in total. The van der Waals surface area contributed by atoms with E-state index in [1.54, 1.807) is 0 Å². The zero-order valence-electron chi connectivity index (χ0n) is 32.0. The van der Waals surface area contributed by atoms with Gasteiger partial charge in [-0.3, -0.25) is 0 Å². The summed E-state index contributed by atoms with van der Waals surface area (Å²) >= 11 is 3.76. The SMILES string of the molecule is c1ccc(-c2ccc3c(c2)sc2cc(N(c4ccc(-c5ccc6c(ccc7ccccc76)c5)cc4)c4ccc(-c5ccccc5)c5sc6ccccc6c45)ccc23)cc1. The summed E-state index contributed by atoms with van der Waals surface area (Å²) in [4.78, 5) is 2.48. The summed E-state index contributed by atoms with van der Waals surface area (Å²) in [7, 11) is 0. The average molecular weight is 786 g/mol. The number of rotatable bonds is 6. The normalized spacial score (nSPS) is 11.7. The molecule has 0 bridgehead atoms. The zero-order chi connectivity index (χ0) is 38.9. The second-order valence-electron chi connectivity index (χ2n) is 15.3. The van der Waals surface area contributed by atoms with Gasteiger partial charge in [-0.1, -0.05) is 164 Å². The Labute approximate surface area is 350 Å². The summed E-state index contributed by atoms with van der Waals surface area (Å²) in [5.74, 6) is 0. The molecule has 12 rings (SSSR count). The van der Waals surface area contributed by atoms with Crippen LogP contribution in [0.2, 0.25) is 0 Å². The molecule has 0 aliphatic heterocycles. The quantitative estimate of drug-likeness (QED) is 0.152. The van der Waals surface area contributed by atoms with Gasteiger partial charge in [-0.05, 0) is 103 Å². The Morgan fingerprint density at radius 1 is 0.305 bits per heavy atom. The highest BCUT2D eigenvalue weighted by molar-refractivity contribution is 7.26. The molecule has 276 valence electrons. The average Bonchev–Trinajstić information content (AvgIpc) is 3.88. The lowest BCUT2D eigenvalue weighted by Crippen LogP contribution is -2.10. The molecule has 10 aromatic carbocycles. The van der Waals surface area contributed by atoms with E-state index in [2.05, 4.69) is 217 Å². The molecule has 0 amide bonds. The van der Waals surface area contributed by atoms with Gasteiger partial charge in [-0.2, -0.15) is 0 Å². The molecule has 2 heterocycles. The Hall–Kier alpha value is -7.04. The van der Waals surface area contributed by atoms with Crippen molar-refractivity contribution in [1.82, 2.24) is 0 Å². The van der Waals surface area contributed by atoms with Crippen LogP contribution in [0.5, 0.6) is 0 Å². The van der Waals surface area contributed by atoms with Crippen molar-refractivity contribution < 1.29 is 0 Å². The maximum Gasteiger partial charge on any atom is 0.0555 e. The van der Waals surface area contributed by atoms with E-state index >= 15 is 0 Å². The van der Waals surface area contributed by atoms with Crippen LogP contribution in [-0.2, 0) is 0 Å². The van der Waals surface area contributed by atoms with Crippen LogP contribution in [0.25, 0.3) is 95.3 Å². The minimum Gasteiger partial charge on any atom is -0.310 e. The van der Waals surface area contributed by atoms with E-state index in [-0.39, 0.29) is 0 Å². The van der Waals surface area contributed by atoms with Crippen LogP contribution in [0.1, 0.15) is 0 Å². The summed E-state index contributed by atoms with van der Waals surface area (Å²) < 4.78 is 5.17. The number of anilines is 3. The smallest absolute Gasteiger partial charge is 0.0555 e. The van der Waals surface area contributed by atoms with Gasteiger partial charge in [0.05, 0.1) is 5.69 Å². The third kappa shape index (κ3) is 5.73. The molecule has 0 saturated carbocycles. The number of nitrogens with zero attached hydrogens (tertiary/aromatic N) is 1. The lowest BCUT2D eigenvalue weighted by atomic mass is 9.97. The van der Waals surface area contributed by atoms with E-state index in [9.17, 15) is 0 Å². The second kappa shape index (κ2) is 13.8. The monoisotopic (exact) mass is 785 g/mol. The van der Waals surface area contributed by atoms with Gasteiger partial charge in [0.1, 0.15) is 0 Å². The fraction of sp³-hybridized carbons (Fsp3) is 0. The van der Waals surface area contributed by atoms with Crippen molar-refractivity contribution in [1.29, 1.82) is 0 Å². The lowest BCUT2D eigenvalue weighted by Gasteiger charge is -2.27. The van der Waals surface area contributed by atoms with E-state index in [0.29, 0.717) is 0 Å². The highest BCUT2D eigenvalue weighted by atomic mass is 32.1. The molecule has 3 heteroatoms. The minimum absolute atomic E-state index is 1.12. The Morgan fingerprint density at radius 3 is 1.69 bits per heavy atom. The molecule has 0 atom stereocenters. The number of fused-ring (bicyclic) bond motifs is 9. The maximum absolute atomic E-state index is 2.48. The zero-order valence-corrected chi connectivity index (χ0v) is 33.6. The van der Waals surface area contributed by atoms with Crippen LogP contribution in [0.3, 0.4) is 0 Å². The van der Waals surface area contributed by atoms with Crippen molar-refractivity contribution in [2.24, 2.45) is 0 Å². The van der Waals surface area contributed by atoms with Crippen molar-refractivity contribution >= 4 is 102 Å². The van der Waals surface area contributed by atoms with Gasteiger partial charge in [0, 0.05) is 51.7 Å². The highest BCUT2D eigenvalue weighted by Crippen LogP contribution is 2.49. The summed E-state index contributed by atoms with van der Waals surface area (Å²) in [6, 6.07) is 78.2. The van der Waals surface area contributed by atoms with Crippen molar-refractivity contribution in [3.8, 4) is 33.4 Å². The molecule has 0 aliphatic carbocycles. The number of hydrogen-bond acceptors (Lipinski definition) is 3. The second-order valence-corrected chi connectivity index (χ2v) is 17.4. The summed E-state index contributed by atoms with van der Waals surface area (Å²) in [5.41, 5.74) is 10.8. The van der Waals surface area contributed by atoms with E-state index < -0.39 is 0 Å². The minimum atomic E-state index is 1.12. The third-order valence-corrected chi connectivity index (χ3v) is 14.2. The summed E-state index contributed by atoms with van der Waals surface area (Å²) in [5, 5.41) is 10.3. The molecule has 0 radical (unpaired) electrons. The first-order chi connectivity index (χ1) is 29.2. The van der Waals surface area contributed by atoms with Gasteiger partial charge in [0.25, 0.3) is 0 Å². The highest BCUT2D eigenvalue weighted by Gasteiger charge is 2.22. The molecule has 0 unspecified atom stereocenters. The van der Waals surface area contributed by atoms with Crippen molar-refractivity contribution in [2.75, 3.05) is 4.90 Å². The number of hydrogen-bond donors (Lipinski definition) is 0. The van der Waals surface area contributed by atoms with E-state index in [4.69, 9.17) is 0 Å². The largest absolute Gasteiger partial charge is 0.310 e. The molecule has 0 fully saturated rings. The predicted octanol–water partition coefficient (Wildman–Crippen LogP) is 17.2. The molecular formula is C56H35NS2. The Bertz CT molecular complexity index is 3540. The van der Waals surface area contributed by atoms with Crippen molar-refractivity contribution in [3.05, 3.63) is 212 Å². The van der Waals surface area contributed by atoms with E-state index in [1.165, 1.54) is 101 Å². The predicted molar refractivity (Wildman–Crippen MR) is 258 cm³/mol. The molecule has 0 saturated heterocycles. The fourth-order valence-corrected chi connectivity index (χ4v) is 11.4. The van der Waals surface area contributed by atoms with Gasteiger partial charge < -0.3 is 4.90 Å². The Kier molecular flexibility index (Phi) is 7.97. The van der Waals surface area contributed by atoms with Gasteiger partial charge in [0.2, 0.25) is 0 Å². The van der Waals surface area contributed by atoms with E-state index in [0.717, 1.165) is 11.4 Å². The molecular weight excluding hydrogens is 751 g/mol. The van der Waals surface area contributed by atoms with E-state index in [1.807, 2.05) is 22.7 Å². The van der Waals surface area contributed by atoms with Crippen LogP contribution < -0.4 is 4.90 Å². The molecule has 2 aromatic heterocycles. The molecule has 1 nitrogen and oxygen atoms in total. The standard InChI is InChI=1S/C56H35NS2/c1-3-11-36(12-4-1)41-24-29-48-49-30-27-44(35-54(49)58-53(48)34-41)57(51-32-31-47(38-13-5-2-6-14-38)56-55(51)50-17-9-10-18-52(50)59-56)43-25-21-37(22-26-43)40-23-28-46-42(33-40)20-19-39-15-7-8-16-45(39)46/h1-35H. The van der Waals surface area contributed by atoms with Gasteiger partial charge in [0.15, 0.2) is 0 Å². The summed E-state index contributed by atoms with van der Waals surface area (Å²) in [6.45, 7) is 0. The molecule has 12 aromatic rings. The van der Waals surface area contributed by atoms with Crippen LogP contribution in [0, 0.1) is 0 Å².